The first-order valence-corrected chi connectivity index (χ1v) is 12.0. The minimum absolute atomic E-state index is 0.0169. The van der Waals surface area contributed by atoms with Crippen LogP contribution in [0.15, 0.2) is 40.3 Å². The molecule has 4 rings (SSSR count). The van der Waals surface area contributed by atoms with E-state index < -0.39 is 0 Å². The van der Waals surface area contributed by atoms with Crippen LogP contribution in [-0.4, -0.2) is 20.2 Å². The van der Waals surface area contributed by atoms with Gasteiger partial charge in [-0.05, 0) is 43.4 Å². The Morgan fingerprint density at radius 3 is 2.77 bits per heavy atom. The van der Waals surface area contributed by atoms with Crippen molar-refractivity contribution in [1.82, 2.24) is 20.2 Å². The molecule has 1 fully saturated rings. The second-order valence-electron chi connectivity index (χ2n) is 8.29. The number of aromatic amines is 2. The highest BCUT2D eigenvalue weighted by molar-refractivity contribution is 7.98. The lowest BCUT2D eigenvalue weighted by molar-refractivity contribution is 0.352. The molecule has 2 heterocycles. The zero-order valence-corrected chi connectivity index (χ0v) is 18.6. The minimum Gasteiger partial charge on any atom is -0.301 e. The predicted octanol–water partition coefficient (Wildman–Crippen LogP) is 5.45. The SMILES string of the molecule is CCc1c(CC2CCCCC2)nc(SCc2cc(-c3cccc(C)c3)[nH]n2)[nH]c1=O. The molecule has 6 heteroatoms. The summed E-state index contributed by atoms with van der Waals surface area (Å²) in [6.07, 6.45) is 8.13. The Bertz CT molecular complexity index is 1050. The highest BCUT2D eigenvalue weighted by Gasteiger charge is 2.18. The summed E-state index contributed by atoms with van der Waals surface area (Å²) in [5.74, 6) is 1.33. The number of rotatable bonds is 7. The summed E-state index contributed by atoms with van der Waals surface area (Å²) in [6.45, 7) is 4.13. The van der Waals surface area contributed by atoms with E-state index in [1.165, 1.54) is 37.7 Å². The van der Waals surface area contributed by atoms with E-state index in [1.54, 1.807) is 11.8 Å². The average molecular weight is 423 g/mol. The second kappa shape index (κ2) is 9.65. The number of thioether (sulfide) groups is 1. The Morgan fingerprint density at radius 1 is 1.17 bits per heavy atom. The van der Waals surface area contributed by atoms with E-state index in [2.05, 4.69) is 52.4 Å². The van der Waals surface area contributed by atoms with Crippen molar-refractivity contribution in [3.63, 3.8) is 0 Å². The molecule has 0 bridgehead atoms. The van der Waals surface area contributed by atoms with Gasteiger partial charge in [0.15, 0.2) is 5.16 Å². The Hall–Kier alpha value is -2.34. The quantitative estimate of drug-likeness (QED) is 0.392. The summed E-state index contributed by atoms with van der Waals surface area (Å²) >= 11 is 1.55. The Kier molecular flexibility index (Phi) is 6.72. The van der Waals surface area contributed by atoms with Crippen LogP contribution in [0.3, 0.4) is 0 Å². The summed E-state index contributed by atoms with van der Waals surface area (Å²) in [5.41, 5.74) is 6.18. The number of benzene rings is 1. The van der Waals surface area contributed by atoms with Crippen molar-refractivity contribution in [2.75, 3.05) is 0 Å². The van der Waals surface area contributed by atoms with Crippen LogP contribution in [0.5, 0.6) is 0 Å². The smallest absolute Gasteiger partial charge is 0.254 e. The average Bonchev–Trinajstić information content (AvgIpc) is 3.22. The van der Waals surface area contributed by atoms with E-state index in [0.717, 1.165) is 41.1 Å². The number of nitrogens with one attached hydrogen (secondary N) is 2. The fourth-order valence-corrected chi connectivity index (χ4v) is 5.10. The van der Waals surface area contributed by atoms with Crippen LogP contribution < -0.4 is 5.56 Å². The number of hydrogen-bond acceptors (Lipinski definition) is 4. The summed E-state index contributed by atoms with van der Waals surface area (Å²) in [6, 6.07) is 10.4. The maximum absolute atomic E-state index is 12.6. The molecule has 0 amide bonds. The van der Waals surface area contributed by atoms with Crippen LogP contribution in [-0.2, 0) is 18.6 Å². The van der Waals surface area contributed by atoms with Crippen LogP contribution >= 0.6 is 11.8 Å². The maximum Gasteiger partial charge on any atom is 0.254 e. The standard InChI is InChI=1S/C24H30N4OS/c1-3-20-22(13-17-9-5-4-6-10-17)25-24(26-23(20)29)30-15-19-14-21(28-27-19)18-11-7-8-16(2)12-18/h7-8,11-12,14,17H,3-6,9-10,13,15H2,1-2H3,(H,27,28)(H,25,26,29). The molecule has 1 aliphatic carbocycles. The molecule has 1 aromatic carbocycles. The molecule has 30 heavy (non-hydrogen) atoms. The van der Waals surface area contributed by atoms with E-state index in [0.29, 0.717) is 16.8 Å². The van der Waals surface area contributed by atoms with Crippen molar-refractivity contribution in [2.45, 2.75) is 69.7 Å². The van der Waals surface area contributed by atoms with Gasteiger partial charge in [-0.1, -0.05) is 74.6 Å². The molecule has 0 unspecified atom stereocenters. The second-order valence-corrected chi connectivity index (χ2v) is 9.25. The zero-order chi connectivity index (χ0) is 20.9. The van der Waals surface area contributed by atoms with Crippen LogP contribution in [0.4, 0.5) is 0 Å². The van der Waals surface area contributed by atoms with Gasteiger partial charge in [0, 0.05) is 11.3 Å². The lowest BCUT2D eigenvalue weighted by Gasteiger charge is -2.22. The number of hydrogen-bond donors (Lipinski definition) is 2. The largest absolute Gasteiger partial charge is 0.301 e. The van der Waals surface area contributed by atoms with E-state index >= 15 is 0 Å². The maximum atomic E-state index is 12.6. The monoisotopic (exact) mass is 422 g/mol. The van der Waals surface area contributed by atoms with E-state index in [-0.39, 0.29) is 5.56 Å². The van der Waals surface area contributed by atoms with Gasteiger partial charge in [0.05, 0.1) is 17.1 Å². The number of nitrogens with zero attached hydrogens (tertiary/aromatic N) is 2. The lowest BCUT2D eigenvalue weighted by Crippen LogP contribution is -2.21. The summed E-state index contributed by atoms with van der Waals surface area (Å²) in [4.78, 5) is 20.5. The topological polar surface area (TPSA) is 74.4 Å². The molecule has 0 saturated heterocycles. The van der Waals surface area contributed by atoms with Gasteiger partial charge in [-0.2, -0.15) is 5.10 Å². The first-order valence-electron chi connectivity index (χ1n) is 11.0. The molecule has 0 atom stereocenters. The van der Waals surface area contributed by atoms with E-state index in [9.17, 15) is 4.79 Å². The van der Waals surface area contributed by atoms with Gasteiger partial charge in [0.2, 0.25) is 0 Å². The van der Waals surface area contributed by atoms with E-state index in [1.807, 2.05) is 6.92 Å². The van der Waals surface area contributed by atoms with Gasteiger partial charge in [-0.15, -0.1) is 0 Å². The molecule has 2 N–H and O–H groups in total. The summed E-state index contributed by atoms with van der Waals surface area (Å²) < 4.78 is 0. The fourth-order valence-electron chi connectivity index (χ4n) is 4.33. The molecular weight excluding hydrogens is 392 g/mol. The Labute approximate surface area is 182 Å². The normalized spacial score (nSPS) is 14.9. The first kappa shape index (κ1) is 20.9. The van der Waals surface area contributed by atoms with Gasteiger partial charge in [0.25, 0.3) is 5.56 Å². The van der Waals surface area contributed by atoms with Crippen LogP contribution in [0.1, 0.15) is 61.5 Å². The molecule has 0 aliphatic heterocycles. The number of aryl methyl sites for hydroxylation is 1. The molecule has 0 spiro atoms. The van der Waals surface area contributed by atoms with Crippen LogP contribution in [0.2, 0.25) is 0 Å². The third kappa shape index (κ3) is 5.04. The molecule has 3 aromatic rings. The summed E-state index contributed by atoms with van der Waals surface area (Å²) in [7, 11) is 0. The highest BCUT2D eigenvalue weighted by Crippen LogP contribution is 2.28. The lowest BCUT2D eigenvalue weighted by atomic mass is 9.85. The van der Waals surface area contributed by atoms with Crippen LogP contribution in [0, 0.1) is 12.8 Å². The fraction of sp³-hybridized carbons (Fsp3) is 0.458. The first-order chi connectivity index (χ1) is 14.6. The number of H-pyrrole nitrogens is 2. The van der Waals surface area contributed by atoms with Crippen molar-refractivity contribution >= 4 is 11.8 Å². The highest BCUT2D eigenvalue weighted by atomic mass is 32.2. The molecule has 1 saturated carbocycles. The molecule has 5 nitrogen and oxygen atoms in total. The van der Waals surface area contributed by atoms with Crippen molar-refractivity contribution in [1.29, 1.82) is 0 Å². The predicted molar refractivity (Wildman–Crippen MR) is 123 cm³/mol. The molecular formula is C24H30N4OS. The molecule has 1 aliphatic rings. The molecule has 0 radical (unpaired) electrons. The van der Waals surface area contributed by atoms with E-state index in [4.69, 9.17) is 4.98 Å². The molecule has 158 valence electrons. The van der Waals surface area contributed by atoms with Crippen molar-refractivity contribution < 1.29 is 0 Å². The van der Waals surface area contributed by atoms with Crippen LogP contribution in [0.25, 0.3) is 11.3 Å². The number of aromatic nitrogens is 4. The van der Waals surface area contributed by atoms with Gasteiger partial charge < -0.3 is 4.98 Å². The van der Waals surface area contributed by atoms with Gasteiger partial charge in [-0.25, -0.2) is 4.98 Å². The minimum atomic E-state index is 0.0169. The zero-order valence-electron chi connectivity index (χ0n) is 17.8. The Balaban J connectivity index is 1.47. The van der Waals surface area contributed by atoms with Gasteiger partial charge in [0.1, 0.15) is 0 Å². The van der Waals surface area contributed by atoms with Crippen molar-refractivity contribution in [3.8, 4) is 11.3 Å². The van der Waals surface area contributed by atoms with Crippen molar-refractivity contribution in [2.24, 2.45) is 5.92 Å². The molecule has 2 aromatic heterocycles. The summed E-state index contributed by atoms with van der Waals surface area (Å²) in [5, 5.41) is 8.27. The third-order valence-corrected chi connectivity index (χ3v) is 6.86. The Morgan fingerprint density at radius 2 is 2.00 bits per heavy atom. The van der Waals surface area contributed by atoms with Gasteiger partial charge >= 0.3 is 0 Å². The van der Waals surface area contributed by atoms with Crippen molar-refractivity contribution in [3.05, 3.63) is 63.2 Å². The third-order valence-electron chi connectivity index (χ3n) is 5.96. The van der Waals surface area contributed by atoms with Gasteiger partial charge in [-0.3, -0.25) is 9.89 Å².